The number of ketones is 1. The maximum Gasteiger partial charge on any atom is 0.170 e. The second-order valence-electron chi connectivity index (χ2n) is 5.75. The first-order chi connectivity index (χ1) is 10.8. The molecule has 0 saturated heterocycles. The van der Waals surface area contributed by atoms with Crippen LogP contribution >= 0.6 is 0 Å². The molecule has 4 rings (SSSR count). The van der Waals surface area contributed by atoms with Crippen LogP contribution in [-0.4, -0.2) is 5.78 Å². The molecule has 2 aromatic rings. The average Bonchev–Trinajstić information content (AvgIpc) is 3.10. The Labute approximate surface area is 129 Å². The molecule has 2 aromatic carbocycles. The number of rotatable bonds is 2. The van der Waals surface area contributed by atoms with E-state index in [1.165, 1.54) is 0 Å². The SMILES string of the molecule is O=C1CC(c2ccccc2)(C2C=CC=C2)Oc2ccccc21. The van der Waals surface area contributed by atoms with Gasteiger partial charge in [0.2, 0.25) is 0 Å². The molecule has 1 aliphatic heterocycles. The summed E-state index contributed by atoms with van der Waals surface area (Å²) in [5, 5.41) is 0. The highest BCUT2D eigenvalue weighted by atomic mass is 16.5. The van der Waals surface area contributed by atoms with Crippen molar-refractivity contribution in [3.05, 3.63) is 90.0 Å². The van der Waals surface area contributed by atoms with E-state index in [0.29, 0.717) is 17.7 Å². The van der Waals surface area contributed by atoms with Gasteiger partial charge < -0.3 is 4.74 Å². The summed E-state index contributed by atoms with van der Waals surface area (Å²) < 4.78 is 6.44. The van der Waals surface area contributed by atoms with Gasteiger partial charge in [-0.25, -0.2) is 0 Å². The standard InChI is InChI=1S/C20H16O2/c21-18-14-20(16-10-4-5-11-16,15-8-2-1-3-9-15)22-19-13-7-6-12-17(18)19/h1-13,16H,14H2. The fourth-order valence-electron chi connectivity index (χ4n) is 3.35. The highest BCUT2D eigenvalue weighted by Crippen LogP contribution is 2.46. The van der Waals surface area contributed by atoms with Gasteiger partial charge in [-0.1, -0.05) is 66.8 Å². The first-order valence-corrected chi connectivity index (χ1v) is 7.51. The van der Waals surface area contributed by atoms with Crippen molar-refractivity contribution in [3.63, 3.8) is 0 Å². The van der Waals surface area contributed by atoms with E-state index in [-0.39, 0.29) is 11.7 Å². The number of carbonyl (C=O) groups is 1. The third kappa shape index (κ3) is 1.92. The van der Waals surface area contributed by atoms with Gasteiger partial charge in [0.1, 0.15) is 5.75 Å². The number of allylic oxidation sites excluding steroid dienone is 2. The van der Waals surface area contributed by atoms with Gasteiger partial charge in [0, 0.05) is 5.92 Å². The van der Waals surface area contributed by atoms with Crippen molar-refractivity contribution in [2.24, 2.45) is 5.92 Å². The topological polar surface area (TPSA) is 26.3 Å². The minimum absolute atomic E-state index is 0.0622. The van der Waals surface area contributed by atoms with Crippen LogP contribution in [0.1, 0.15) is 22.3 Å². The van der Waals surface area contributed by atoms with Crippen molar-refractivity contribution in [1.82, 2.24) is 0 Å². The lowest BCUT2D eigenvalue weighted by molar-refractivity contribution is 0.0198. The van der Waals surface area contributed by atoms with Crippen LogP contribution in [0, 0.1) is 5.92 Å². The minimum Gasteiger partial charge on any atom is -0.480 e. The maximum atomic E-state index is 12.7. The van der Waals surface area contributed by atoms with Gasteiger partial charge >= 0.3 is 0 Å². The van der Waals surface area contributed by atoms with Crippen LogP contribution in [0.2, 0.25) is 0 Å². The fourth-order valence-corrected chi connectivity index (χ4v) is 3.35. The molecule has 0 N–H and O–H groups in total. The van der Waals surface area contributed by atoms with Crippen molar-refractivity contribution in [3.8, 4) is 5.75 Å². The molecule has 1 unspecified atom stereocenters. The van der Waals surface area contributed by atoms with Crippen molar-refractivity contribution in [1.29, 1.82) is 0 Å². The molecule has 1 aliphatic carbocycles. The van der Waals surface area contributed by atoms with E-state index in [1.807, 2.05) is 66.7 Å². The van der Waals surface area contributed by atoms with E-state index in [2.05, 4.69) is 12.2 Å². The van der Waals surface area contributed by atoms with Crippen LogP contribution < -0.4 is 4.74 Å². The first-order valence-electron chi connectivity index (χ1n) is 7.51. The van der Waals surface area contributed by atoms with E-state index in [1.54, 1.807) is 0 Å². The summed E-state index contributed by atoms with van der Waals surface area (Å²) >= 11 is 0. The minimum atomic E-state index is -0.657. The van der Waals surface area contributed by atoms with E-state index < -0.39 is 5.60 Å². The summed E-state index contributed by atoms with van der Waals surface area (Å²) in [5.41, 5.74) is 1.06. The van der Waals surface area contributed by atoms with Gasteiger partial charge in [-0.3, -0.25) is 4.79 Å². The molecule has 2 heteroatoms. The number of fused-ring (bicyclic) bond motifs is 1. The molecule has 1 atom stereocenters. The molecule has 108 valence electrons. The molecular formula is C20H16O2. The lowest BCUT2D eigenvalue weighted by Crippen LogP contribution is -2.44. The molecule has 0 radical (unpaired) electrons. The third-order valence-corrected chi connectivity index (χ3v) is 4.45. The summed E-state index contributed by atoms with van der Waals surface area (Å²) in [6, 6.07) is 17.6. The Balaban J connectivity index is 1.89. The van der Waals surface area contributed by atoms with Crippen LogP contribution in [0.5, 0.6) is 5.75 Å². The van der Waals surface area contributed by atoms with Gasteiger partial charge in [-0.05, 0) is 17.7 Å². The van der Waals surface area contributed by atoms with Crippen molar-refractivity contribution in [2.45, 2.75) is 12.0 Å². The molecule has 2 aliphatic rings. The zero-order valence-electron chi connectivity index (χ0n) is 12.1. The normalized spacial score (nSPS) is 23.4. The number of para-hydroxylation sites is 1. The Morgan fingerprint density at radius 1 is 0.909 bits per heavy atom. The largest absolute Gasteiger partial charge is 0.480 e. The predicted molar refractivity (Wildman–Crippen MR) is 85.9 cm³/mol. The molecule has 0 amide bonds. The van der Waals surface area contributed by atoms with Gasteiger partial charge in [-0.2, -0.15) is 0 Å². The molecule has 2 nitrogen and oxygen atoms in total. The molecule has 0 spiro atoms. The Hall–Kier alpha value is -2.61. The van der Waals surface area contributed by atoms with Gasteiger partial charge in [0.05, 0.1) is 12.0 Å². The molecule has 0 bridgehead atoms. The van der Waals surface area contributed by atoms with E-state index in [4.69, 9.17) is 4.74 Å². The smallest absolute Gasteiger partial charge is 0.170 e. The summed E-state index contributed by atoms with van der Waals surface area (Å²) in [5.74, 6) is 0.878. The number of ether oxygens (including phenoxy) is 1. The van der Waals surface area contributed by atoms with Crippen molar-refractivity contribution in [2.75, 3.05) is 0 Å². The molecule has 22 heavy (non-hydrogen) atoms. The summed E-state index contributed by atoms with van der Waals surface area (Å²) in [4.78, 5) is 12.7. The number of carbonyl (C=O) groups excluding carboxylic acids is 1. The molecule has 0 saturated carbocycles. The van der Waals surface area contributed by atoms with Crippen LogP contribution in [-0.2, 0) is 5.60 Å². The van der Waals surface area contributed by atoms with Gasteiger partial charge in [0.25, 0.3) is 0 Å². The number of hydrogen-bond acceptors (Lipinski definition) is 2. The summed E-state index contributed by atoms with van der Waals surface area (Å²) in [7, 11) is 0. The Kier molecular flexibility index (Phi) is 2.97. The van der Waals surface area contributed by atoms with Gasteiger partial charge in [0.15, 0.2) is 11.4 Å². The number of hydrogen-bond donors (Lipinski definition) is 0. The monoisotopic (exact) mass is 288 g/mol. The quantitative estimate of drug-likeness (QED) is 0.824. The molecule has 0 fully saturated rings. The first kappa shape index (κ1) is 13.1. The maximum absolute atomic E-state index is 12.7. The molecule has 0 aromatic heterocycles. The summed E-state index contributed by atoms with van der Waals surface area (Å²) in [6.07, 6.45) is 8.60. The van der Waals surface area contributed by atoms with Crippen LogP contribution in [0.15, 0.2) is 78.9 Å². The molecular weight excluding hydrogens is 272 g/mol. The zero-order chi connectivity index (χ0) is 15.0. The van der Waals surface area contributed by atoms with E-state index >= 15 is 0 Å². The Bertz CT molecular complexity index is 761. The fraction of sp³-hybridized carbons (Fsp3) is 0.150. The Morgan fingerprint density at radius 2 is 1.59 bits per heavy atom. The number of benzene rings is 2. The second-order valence-corrected chi connectivity index (χ2v) is 5.75. The molecule has 1 heterocycles. The number of Topliss-reactive ketones (excluding diaryl/α,β-unsaturated/α-hetero) is 1. The average molecular weight is 288 g/mol. The van der Waals surface area contributed by atoms with Crippen LogP contribution in [0.4, 0.5) is 0 Å². The van der Waals surface area contributed by atoms with Crippen molar-refractivity contribution >= 4 is 5.78 Å². The van der Waals surface area contributed by atoms with Gasteiger partial charge in [-0.15, -0.1) is 0 Å². The highest BCUT2D eigenvalue weighted by molar-refractivity contribution is 6.00. The van der Waals surface area contributed by atoms with E-state index in [9.17, 15) is 4.79 Å². The summed E-state index contributed by atoms with van der Waals surface area (Å²) in [6.45, 7) is 0. The second kappa shape index (κ2) is 4.99. The predicted octanol–water partition coefficient (Wildman–Crippen LogP) is 4.29. The zero-order valence-corrected chi connectivity index (χ0v) is 12.1. The lowest BCUT2D eigenvalue weighted by Gasteiger charge is -2.41. The van der Waals surface area contributed by atoms with Crippen LogP contribution in [0.3, 0.4) is 0 Å². The van der Waals surface area contributed by atoms with Crippen molar-refractivity contribution < 1.29 is 9.53 Å². The highest BCUT2D eigenvalue weighted by Gasteiger charge is 2.46. The van der Waals surface area contributed by atoms with E-state index in [0.717, 1.165) is 5.56 Å². The Morgan fingerprint density at radius 3 is 2.36 bits per heavy atom. The third-order valence-electron chi connectivity index (χ3n) is 4.45. The lowest BCUT2D eigenvalue weighted by atomic mass is 9.75. The van der Waals surface area contributed by atoms with Crippen LogP contribution in [0.25, 0.3) is 0 Å².